The van der Waals surface area contributed by atoms with Crippen molar-refractivity contribution in [3.63, 3.8) is 0 Å². The van der Waals surface area contributed by atoms with Gasteiger partial charge in [-0.15, -0.1) is 0 Å². The molecule has 3 N–H and O–H groups in total. The van der Waals surface area contributed by atoms with Crippen LogP contribution in [-0.2, 0) is 15.0 Å². The third kappa shape index (κ3) is 7.58. The summed E-state index contributed by atoms with van der Waals surface area (Å²) in [5.74, 6) is -0.642. The summed E-state index contributed by atoms with van der Waals surface area (Å²) in [6.45, 7) is 7.18. The lowest BCUT2D eigenvalue weighted by atomic mass is 9.68. The monoisotopic (exact) mass is 649 g/mol. The van der Waals surface area contributed by atoms with E-state index >= 15 is 0 Å². The number of nitrogens with zero attached hydrogens (tertiary/aromatic N) is 3. The molecule has 2 aliphatic rings. The van der Waals surface area contributed by atoms with Gasteiger partial charge in [-0.05, 0) is 95.2 Å². The van der Waals surface area contributed by atoms with Gasteiger partial charge in [0, 0.05) is 41.1 Å². The number of allylic oxidation sites excluding steroid dienone is 3. The summed E-state index contributed by atoms with van der Waals surface area (Å²) in [6.07, 6.45) is 5.95. The fourth-order valence-corrected chi connectivity index (χ4v) is 7.55. The van der Waals surface area contributed by atoms with Crippen molar-refractivity contribution >= 4 is 17.9 Å². The molecule has 1 fully saturated rings. The molecule has 0 aromatic heterocycles. The fraction of sp³-hybridized carbons (Fsp3) is 0.385. The second kappa shape index (κ2) is 16.0. The Morgan fingerprint density at radius 1 is 0.979 bits per heavy atom. The Kier molecular flexibility index (Phi) is 11.6. The molecule has 2 aliphatic heterocycles. The quantitative estimate of drug-likeness (QED) is 0.0844. The molecular weight excluding hydrogens is 602 g/mol. The lowest BCUT2D eigenvalue weighted by Gasteiger charge is -2.43. The summed E-state index contributed by atoms with van der Waals surface area (Å²) < 4.78 is 0. The molecule has 1 amide bonds. The summed E-state index contributed by atoms with van der Waals surface area (Å²) in [7, 11) is 0. The molecule has 2 heterocycles. The smallest absolute Gasteiger partial charge is 0.269 e. The van der Waals surface area contributed by atoms with E-state index in [1.54, 1.807) is 17.0 Å². The van der Waals surface area contributed by atoms with Gasteiger partial charge in [-0.25, -0.2) is 0 Å². The highest BCUT2D eigenvalue weighted by molar-refractivity contribution is 5.97. The van der Waals surface area contributed by atoms with Gasteiger partial charge in [-0.1, -0.05) is 72.8 Å². The molecule has 3 aromatic carbocycles. The summed E-state index contributed by atoms with van der Waals surface area (Å²) in [6, 6.07) is 27.9. The zero-order valence-corrected chi connectivity index (χ0v) is 28.1. The van der Waals surface area contributed by atoms with Crippen LogP contribution in [0.5, 0.6) is 0 Å². The van der Waals surface area contributed by atoms with Gasteiger partial charge in [0.2, 0.25) is 6.41 Å². The molecule has 1 atom stereocenters. The summed E-state index contributed by atoms with van der Waals surface area (Å²) in [4.78, 5) is 41.2. The Bertz CT molecular complexity index is 1590. The predicted molar refractivity (Wildman–Crippen MR) is 189 cm³/mol. The number of benzene rings is 3. The highest BCUT2D eigenvalue weighted by atomic mass is 16.6. The highest BCUT2D eigenvalue weighted by Crippen LogP contribution is 2.43. The number of nitro benzene ring substituents is 1. The molecule has 48 heavy (non-hydrogen) atoms. The highest BCUT2D eigenvalue weighted by Gasteiger charge is 2.38. The normalized spacial score (nSPS) is 17.9. The van der Waals surface area contributed by atoms with Gasteiger partial charge in [-0.2, -0.15) is 0 Å². The van der Waals surface area contributed by atoms with Crippen LogP contribution in [0.4, 0.5) is 5.69 Å². The number of piperidine rings is 1. The Morgan fingerprint density at radius 2 is 1.58 bits per heavy atom. The maximum Gasteiger partial charge on any atom is 0.269 e. The van der Waals surface area contributed by atoms with E-state index in [-0.39, 0.29) is 16.9 Å². The first-order chi connectivity index (χ1) is 23.3. The second-order valence-corrected chi connectivity index (χ2v) is 12.9. The Labute approximate surface area is 283 Å². The molecule has 9 nitrogen and oxygen atoms in total. The minimum absolute atomic E-state index is 0.0243. The van der Waals surface area contributed by atoms with Crippen LogP contribution < -0.4 is 11.1 Å². The van der Waals surface area contributed by atoms with Gasteiger partial charge in [0.1, 0.15) is 0 Å². The third-order valence-electron chi connectivity index (χ3n) is 9.98. The van der Waals surface area contributed by atoms with Crippen molar-refractivity contribution in [1.82, 2.24) is 15.1 Å². The molecule has 5 rings (SSSR count). The number of nitro groups is 1. The molecule has 0 spiro atoms. The number of nitrogens with one attached hydrogen (secondary N) is 1. The number of nitrogens with two attached hydrogens (primary N) is 1. The molecule has 0 radical (unpaired) electrons. The molecule has 1 saturated heterocycles. The number of carbonyl (C=O) groups excluding carboxylic acids is 2. The number of unbranched alkanes of at least 4 members (excludes halogenated alkanes) is 1. The number of hydrogen-bond donors (Lipinski definition) is 2. The predicted octanol–water partition coefficient (Wildman–Crippen LogP) is 6.42. The molecule has 3 aromatic rings. The van der Waals surface area contributed by atoms with Crippen LogP contribution in [0, 0.1) is 10.1 Å². The minimum Gasteiger partial charge on any atom is -0.361 e. The molecular formula is C39H47N5O4. The van der Waals surface area contributed by atoms with Crippen molar-refractivity contribution in [3.05, 3.63) is 134 Å². The van der Waals surface area contributed by atoms with Gasteiger partial charge >= 0.3 is 0 Å². The Morgan fingerprint density at radius 3 is 2.10 bits per heavy atom. The van der Waals surface area contributed by atoms with Gasteiger partial charge in [0.05, 0.1) is 16.5 Å². The number of carbonyl (C=O) groups is 2. The second-order valence-electron chi connectivity index (χ2n) is 12.9. The van der Waals surface area contributed by atoms with Gasteiger partial charge in [0.25, 0.3) is 5.69 Å². The van der Waals surface area contributed by atoms with Crippen LogP contribution in [0.15, 0.2) is 108 Å². The van der Waals surface area contributed by atoms with E-state index in [2.05, 4.69) is 70.9 Å². The Hall–Kier alpha value is -4.60. The third-order valence-corrected chi connectivity index (χ3v) is 9.98. The lowest BCUT2D eigenvalue weighted by molar-refractivity contribution is -0.384. The number of non-ortho nitro benzene ring substituents is 1. The average Bonchev–Trinajstić information content (AvgIpc) is 3.11. The van der Waals surface area contributed by atoms with Crippen molar-refractivity contribution < 1.29 is 14.5 Å². The molecule has 0 bridgehead atoms. The maximum absolute atomic E-state index is 13.1. The average molecular weight is 650 g/mol. The Balaban J connectivity index is 1.36. The first-order valence-corrected chi connectivity index (χ1v) is 17.0. The zero-order chi connectivity index (χ0) is 34.1. The van der Waals surface area contributed by atoms with Gasteiger partial charge < -0.3 is 20.9 Å². The first-order valence-electron chi connectivity index (χ1n) is 17.0. The molecule has 1 unspecified atom stereocenters. The van der Waals surface area contributed by atoms with Crippen LogP contribution in [-0.4, -0.2) is 59.6 Å². The van der Waals surface area contributed by atoms with Gasteiger partial charge in [0.15, 0.2) is 5.78 Å². The SMILES string of the molecule is CC(=O)C1=C(C)NC(CCCCN)=C(N(C=O)CCCN2CCC(c3ccccc3)(c3ccccc3)CC2)C1c1ccc([N+](=O)[O-])cc1. The number of likely N-dealkylation sites (tertiary alicyclic amines) is 1. The first kappa shape index (κ1) is 34.7. The molecule has 0 aliphatic carbocycles. The largest absolute Gasteiger partial charge is 0.361 e. The van der Waals surface area contributed by atoms with E-state index in [0.29, 0.717) is 25.1 Å². The molecule has 252 valence electrons. The van der Waals surface area contributed by atoms with E-state index in [4.69, 9.17) is 5.73 Å². The van der Waals surface area contributed by atoms with E-state index in [0.717, 1.165) is 80.8 Å². The minimum atomic E-state index is -0.532. The van der Waals surface area contributed by atoms with Crippen molar-refractivity contribution in [2.75, 3.05) is 32.7 Å². The van der Waals surface area contributed by atoms with Crippen LogP contribution in [0.25, 0.3) is 0 Å². The van der Waals surface area contributed by atoms with Crippen LogP contribution in [0.3, 0.4) is 0 Å². The summed E-state index contributed by atoms with van der Waals surface area (Å²) in [5.41, 5.74) is 12.1. The number of hydrogen-bond acceptors (Lipinski definition) is 7. The number of rotatable bonds is 15. The standard InChI is InChI=1S/C39H47N5O4/c1-29-36(30(2)46)37(31-17-19-34(20-18-31)44(47)48)38(35(41-29)16-9-10-23-40)43(28-45)25-11-24-42-26-21-39(22-27-42,32-12-5-3-6-13-32)33-14-7-4-8-15-33/h3-8,12-15,17-20,28,37,41H,9-11,16,21-27,40H2,1-2H3. The van der Waals surface area contributed by atoms with Crippen molar-refractivity contribution in [3.8, 4) is 0 Å². The van der Waals surface area contributed by atoms with Crippen molar-refractivity contribution in [2.24, 2.45) is 5.73 Å². The fourth-order valence-electron chi connectivity index (χ4n) is 7.55. The van der Waals surface area contributed by atoms with E-state index in [1.807, 2.05) is 6.92 Å². The van der Waals surface area contributed by atoms with E-state index in [9.17, 15) is 19.7 Å². The van der Waals surface area contributed by atoms with Gasteiger partial charge in [-0.3, -0.25) is 19.7 Å². The maximum atomic E-state index is 13.1. The number of ketones is 1. The van der Waals surface area contributed by atoms with Crippen LogP contribution >= 0.6 is 0 Å². The van der Waals surface area contributed by atoms with Crippen LogP contribution in [0.2, 0.25) is 0 Å². The molecule has 0 saturated carbocycles. The van der Waals surface area contributed by atoms with Crippen LogP contribution in [0.1, 0.15) is 75.0 Å². The topological polar surface area (TPSA) is 122 Å². The number of amides is 1. The summed E-state index contributed by atoms with van der Waals surface area (Å²) >= 11 is 0. The van der Waals surface area contributed by atoms with Crippen molar-refractivity contribution in [1.29, 1.82) is 0 Å². The number of Topliss-reactive ketones (excluding diaryl/α,β-unsaturated/α-hetero) is 1. The molecule has 9 heteroatoms. The zero-order valence-electron chi connectivity index (χ0n) is 28.1. The van der Waals surface area contributed by atoms with E-state index < -0.39 is 10.8 Å². The lowest BCUT2D eigenvalue weighted by Crippen LogP contribution is -2.44. The van der Waals surface area contributed by atoms with E-state index in [1.165, 1.54) is 30.2 Å². The summed E-state index contributed by atoms with van der Waals surface area (Å²) in [5, 5.41) is 14.9. The van der Waals surface area contributed by atoms with Crippen molar-refractivity contribution in [2.45, 2.75) is 63.7 Å². The number of dihydropyridines is 1.